The van der Waals surface area contributed by atoms with E-state index in [0.29, 0.717) is 40.9 Å². The lowest BCUT2D eigenvalue weighted by Gasteiger charge is -2.73. The Morgan fingerprint density at radius 1 is 0.698 bits per heavy atom. The van der Waals surface area contributed by atoms with Crippen molar-refractivity contribution in [1.82, 2.24) is 5.32 Å². The molecule has 0 aromatic carbocycles. The van der Waals surface area contributed by atoms with Crippen molar-refractivity contribution in [1.29, 1.82) is 0 Å². The molecule has 1 N–H and O–H groups in total. The molecule has 0 radical (unpaired) electrons. The van der Waals surface area contributed by atoms with Gasteiger partial charge in [-0.15, -0.1) is 0 Å². The van der Waals surface area contributed by atoms with Crippen LogP contribution >= 0.6 is 0 Å². The number of nitrogens with one attached hydrogen (secondary N) is 1. The van der Waals surface area contributed by atoms with Crippen LogP contribution in [0.3, 0.4) is 0 Å². The summed E-state index contributed by atoms with van der Waals surface area (Å²) in [6, 6.07) is 0.266. The summed E-state index contributed by atoms with van der Waals surface area (Å²) in [6.45, 7) is 32.5. The molecule has 4 nitrogen and oxygen atoms in total. The monoisotopic (exact) mass is 868 g/mol. The van der Waals surface area contributed by atoms with Crippen LogP contribution in [-0.4, -0.2) is 24.0 Å². The highest BCUT2D eigenvalue weighted by Gasteiger charge is 2.72. The van der Waals surface area contributed by atoms with E-state index in [0.717, 1.165) is 67.6 Å². The molecule has 0 aromatic heterocycles. The zero-order chi connectivity index (χ0) is 45.3. The first-order valence-electron chi connectivity index (χ1n) is 27.7. The van der Waals surface area contributed by atoms with Crippen molar-refractivity contribution >= 4 is 11.9 Å². The van der Waals surface area contributed by atoms with Gasteiger partial charge in [0.2, 0.25) is 5.91 Å². The van der Waals surface area contributed by atoms with Crippen LogP contribution in [0.1, 0.15) is 225 Å². The lowest BCUT2D eigenvalue weighted by molar-refractivity contribution is -0.243. The molecule has 0 aliphatic heterocycles. The second-order valence-electron chi connectivity index (χ2n) is 28.0. The number of amides is 1. The fourth-order valence-corrected chi connectivity index (χ4v) is 21.3. The normalized spacial score (nSPS) is 50.1. The summed E-state index contributed by atoms with van der Waals surface area (Å²) in [6.07, 6.45) is 29.1. The third-order valence-electron chi connectivity index (χ3n) is 24.7. The Morgan fingerprint density at radius 2 is 1.43 bits per heavy atom. The maximum Gasteiger partial charge on any atom is 0.312 e. The molecule has 1 amide bonds. The molecule has 0 spiro atoms. The number of hydrogen-bond acceptors (Lipinski definition) is 3. The Hall–Kier alpha value is -1.32. The van der Waals surface area contributed by atoms with Crippen LogP contribution in [0.2, 0.25) is 0 Å². The van der Waals surface area contributed by atoms with Crippen LogP contribution in [-0.2, 0) is 14.3 Å². The Bertz CT molecular complexity index is 1780. The highest BCUT2D eigenvalue weighted by atomic mass is 16.5. The molecule has 3 unspecified atom stereocenters. The number of allylic oxidation sites excluding steroid dienone is 1. The van der Waals surface area contributed by atoms with Gasteiger partial charge in [-0.3, -0.25) is 9.59 Å². The molecule has 63 heavy (non-hydrogen) atoms. The largest absolute Gasteiger partial charge is 0.462 e. The molecule has 0 aromatic rings. The van der Waals surface area contributed by atoms with Crippen molar-refractivity contribution in [2.24, 2.45) is 109 Å². The van der Waals surface area contributed by atoms with Gasteiger partial charge in [-0.05, 0) is 213 Å². The summed E-state index contributed by atoms with van der Waals surface area (Å²) in [5.74, 6) is 8.98. The zero-order valence-corrected chi connectivity index (χ0v) is 43.2. The first-order chi connectivity index (χ1) is 29.6. The average molecular weight is 868 g/mol. The summed E-state index contributed by atoms with van der Waals surface area (Å²) in [4.78, 5) is 27.7. The van der Waals surface area contributed by atoms with Crippen LogP contribution in [0.4, 0.5) is 0 Å². The van der Waals surface area contributed by atoms with Gasteiger partial charge in [-0.2, -0.15) is 0 Å². The molecular formula is C59H97NO3. The number of ether oxygens (including phenoxy) is 1. The van der Waals surface area contributed by atoms with E-state index in [1.807, 2.05) is 0 Å². The molecular weight excluding hydrogens is 771 g/mol. The number of carbonyl (C=O) groups excluding carboxylic acids is 2. The van der Waals surface area contributed by atoms with Gasteiger partial charge in [0.25, 0.3) is 0 Å². The smallest absolute Gasteiger partial charge is 0.312 e. The van der Waals surface area contributed by atoms with E-state index < -0.39 is 0 Å². The molecule has 356 valence electrons. The number of carbonyl (C=O) groups is 2. The fraction of sp³-hybridized carbons (Fsp3) is 0.932. The Kier molecular flexibility index (Phi) is 12.0. The van der Waals surface area contributed by atoms with E-state index in [9.17, 15) is 4.79 Å². The highest BCUT2D eigenvalue weighted by molar-refractivity contribution is 5.78. The number of fused-ring (bicyclic) bond motifs is 12. The topological polar surface area (TPSA) is 55.4 Å². The second kappa shape index (κ2) is 16.2. The van der Waals surface area contributed by atoms with Crippen LogP contribution in [0.5, 0.6) is 0 Å². The Morgan fingerprint density at radius 3 is 2.14 bits per heavy atom. The minimum absolute atomic E-state index is 0.0469. The first-order valence-corrected chi connectivity index (χ1v) is 27.7. The number of hydrogen-bond donors (Lipinski definition) is 1. The molecule has 8 saturated carbocycles. The third-order valence-corrected chi connectivity index (χ3v) is 24.7. The second-order valence-corrected chi connectivity index (χ2v) is 28.0. The summed E-state index contributed by atoms with van der Waals surface area (Å²) >= 11 is 0. The van der Waals surface area contributed by atoms with Crippen LogP contribution in [0.15, 0.2) is 11.6 Å². The molecule has 0 bridgehead atoms. The SMILES string of the molecule is CC(=O)NC1CC[C@@]2(C)C(CC[C@]3(C)[C@@H]2CC[C@@H]2C4[C@H](C(C)C)CC[C@]4(C(=O)O[C@@H]4CC[C@@]5(C)C(=CC[C@H]6[C@@H]7CC[C@H]([C@H](C)CCCC(C)C)[C@@]7(C)CC[C@@H]65)C4)CC[C@]23C)C1(C)C. The zero-order valence-electron chi connectivity index (χ0n) is 43.2. The lowest BCUT2D eigenvalue weighted by Crippen LogP contribution is -2.68. The first kappa shape index (κ1) is 46.8. The van der Waals surface area contributed by atoms with Crippen LogP contribution < -0.4 is 5.32 Å². The quantitative estimate of drug-likeness (QED) is 0.186. The van der Waals surface area contributed by atoms with Crippen molar-refractivity contribution in [2.45, 2.75) is 237 Å². The number of esters is 1. The molecule has 9 aliphatic rings. The van der Waals surface area contributed by atoms with E-state index in [-0.39, 0.29) is 56.5 Å². The summed E-state index contributed by atoms with van der Waals surface area (Å²) < 4.78 is 7.05. The summed E-state index contributed by atoms with van der Waals surface area (Å²) in [7, 11) is 0. The molecule has 0 heterocycles. The van der Waals surface area contributed by atoms with Crippen LogP contribution in [0.25, 0.3) is 0 Å². The highest BCUT2D eigenvalue weighted by Crippen LogP contribution is 2.78. The van der Waals surface area contributed by atoms with Gasteiger partial charge in [0.1, 0.15) is 6.10 Å². The van der Waals surface area contributed by atoms with Gasteiger partial charge in [0, 0.05) is 19.4 Å². The minimum Gasteiger partial charge on any atom is -0.462 e. The van der Waals surface area contributed by atoms with E-state index in [2.05, 4.69) is 94.5 Å². The predicted octanol–water partition coefficient (Wildman–Crippen LogP) is 15.2. The van der Waals surface area contributed by atoms with Crippen molar-refractivity contribution < 1.29 is 14.3 Å². The van der Waals surface area contributed by atoms with Crippen molar-refractivity contribution in [2.75, 3.05) is 0 Å². The van der Waals surface area contributed by atoms with Crippen molar-refractivity contribution in [3.63, 3.8) is 0 Å². The number of rotatable bonds is 9. The van der Waals surface area contributed by atoms with Gasteiger partial charge in [0.05, 0.1) is 5.41 Å². The van der Waals surface area contributed by atoms with Gasteiger partial charge in [0.15, 0.2) is 0 Å². The van der Waals surface area contributed by atoms with E-state index >= 15 is 4.79 Å². The molecule has 9 aliphatic carbocycles. The molecule has 4 heteroatoms. The third kappa shape index (κ3) is 6.93. The van der Waals surface area contributed by atoms with Gasteiger partial charge in [-0.1, -0.05) is 114 Å². The Balaban J connectivity index is 0.907. The van der Waals surface area contributed by atoms with Crippen LogP contribution in [0, 0.1) is 109 Å². The predicted molar refractivity (Wildman–Crippen MR) is 260 cm³/mol. The van der Waals surface area contributed by atoms with Gasteiger partial charge < -0.3 is 10.1 Å². The standard InChI is InChI=1S/C59H97NO3/c1-36(2)15-14-16-38(5)44-19-20-45-43-18-17-40-35-41(23-28-54(40,9)46(43)25-29-55(44,45)10)63-52(62)59-32-24-42(37(3)4)51(59)47-21-22-49-56(11)30-27-50(60-39(6)61)53(7,8)48(56)26-31-58(49,13)57(47,12)33-34-59/h17,36-38,41-51H,14-16,18-35H2,1-13H3,(H,60,61)/t38-,41-,42+,43+,44-,45+,46+,47-,48?,49-,50?,51?,54+,55-,56+,57-,58-,59+/m1/s1. The maximum atomic E-state index is 15.3. The van der Waals surface area contributed by atoms with E-state index in [4.69, 9.17) is 4.74 Å². The van der Waals surface area contributed by atoms with Crippen molar-refractivity contribution in [3.05, 3.63) is 11.6 Å². The van der Waals surface area contributed by atoms with Crippen molar-refractivity contribution in [3.8, 4) is 0 Å². The molecule has 18 atom stereocenters. The van der Waals surface area contributed by atoms with Gasteiger partial charge >= 0.3 is 5.97 Å². The Labute approximate surface area is 387 Å². The maximum absolute atomic E-state index is 15.3. The van der Waals surface area contributed by atoms with Gasteiger partial charge in [-0.25, -0.2) is 0 Å². The summed E-state index contributed by atoms with van der Waals surface area (Å²) in [5.41, 5.74) is 3.01. The molecule has 9 rings (SSSR count). The lowest BCUT2D eigenvalue weighted by atomic mass is 9.32. The summed E-state index contributed by atoms with van der Waals surface area (Å²) in [5, 5.41) is 3.40. The minimum atomic E-state index is -0.312. The average Bonchev–Trinajstić information content (AvgIpc) is 3.78. The van der Waals surface area contributed by atoms with E-state index in [1.165, 1.54) is 103 Å². The molecule has 8 fully saturated rings. The fourth-order valence-electron chi connectivity index (χ4n) is 21.3. The molecule has 0 saturated heterocycles. The van der Waals surface area contributed by atoms with E-state index in [1.54, 1.807) is 12.5 Å².